The smallest absolute Gasteiger partial charge is 0.306 e. The molecule has 1 heterocycles. The number of aliphatic hydroxyl groups is 4. The van der Waals surface area contributed by atoms with Gasteiger partial charge in [0.2, 0.25) is 0 Å². The van der Waals surface area contributed by atoms with Gasteiger partial charge in [-0.05, 0) is 70.6 Å². The number of esters is 1. The summed E-state index contributed by atoms with van der Waals surface area (Å²) < 4.78 is 22.8. The summed E-state index contributed by atoms with van der Waals surface area (Å²) in [6.45, 7) is 4.53. The minimum absolute atomic E-state index is 0.118. The summed E-state index contributed by atoms with van der Waals surface area (Å²) in [4.78, 5) is 12.8. The summed E-state index contributed by atoms with van der Waals surface area (Å²) in [5.41, 5.74) is 0. The van der Waals surface area contributed by atoms with E-state index in [9.17, 15) is 25.2 Å². The molecule has 0 spiro atoms. The van der Waals surface area contributed by atoms with Crippen LogP contribution >= 0.6 is 0 Å². The van der Waals surface area contributed by atoms with Gasteiger partial charge in [0.25, 0.3) is 0 Å². The van der Waals surface area contributed by atoms with Crippen LogP contribution in [0.15, 0.2) is 36.5 Å². The van der Waals surface area contributed by atoms with Crippen LogP contribution in [0.4, 0.5) is 0 Å². The van der Waals surface area contributed by atoms with Crippen molar-refractivity contribution in [2.45, 2.75) is 243 Å². The van der Waals surface area contributed by atoms with Crippen molar-refractivity contribution in [2.75, 3.05) is 26.4 Å². The molecule has 1 rings (SSSR count). The van der Waals surface area contributed by atoms with E-state index in [1.807, 2.05) is 0 Å². The Bertz CT molecular complexity index is 983. The second-order valence-electron chi connectivity index (χ2n) is 16.6. The van der Waals surface area contributed by atoms with E-state index in [1.54, 1.807) is 0 Å². The second kappa shape index (κ2) is 40.8. The van der Waals surface area contributed by atoms with Crippen molar-refractivity contribution in [1.82, 2.24) is 0 Å². The van der Waals surface area contributed by atoms with Crippen LogP contribution in [0.25, 0.3) is 0 Å². The fourth-order valence-electron chi connectivity index (χ4n) is 7.22. The number of hydrogen-bond acceptors (Lipinski definition) is 9. The number of aliphatic hydroxyl groups excluding tert-OH is 4. The molecule has 0 amide bonds. The van der Waals surface area contributed by atoms with Gasteiger partial charge in [-0.3, -0.25) is 4.79 Å². The standard InChI is InChI=1S/C49H90O9/c1-3-5-7-9-11-13-15-17-19-21-22-24-26-28-30-32-34-36-38-45(51)57-43(42-56-49-48(54)47(53)46(52)44(40-50)58-49)41-55-39-37-35-33-31-29-27-25-23-20-18-16-14-12-10-8-6-4-2/h13,15,19-21,23,43-44,46-50,52-54H,3-12,14,16-18,22,24-42H2,1-2H3/b15-13-,21-19-,23-20-. The largest absolute Gasteiger partial charge is 0.457 e. The number of hydrogen-bond donors (Lipinski definition) is 4. The lowest BCUT2D eigenvalue weighted by molar-refractivity contribution is -0.305. The number of unbranched alkanes of at least 4 members (excludes halogenated alkanes) is 24. The number of carbonyl (C=O) groups is 1. The third kappa shape index (κ3) is 31.3. The number of ether oxygens (including phenoxy) is 4. The molecule has 6 unspecified atom stereocenters. The van der Waals surface area contributed by atoms with Gasteiger partial charge < -0.3 is 39.4 Å². The zero-order valence-electron chi connectivity index (χ0n) is 37.3. The maximum atomic E-state index is 12.8. The van der Waals surface area contributed by atoms with Crippen molar-refractivity contribution in [1.29, 1.82) is 0 Å². The molecule has 1 aliphatic heterocycles. The van der Waals surface area contributed by atoms with Crippen molar-refractivity contribution in [3.05, 3.63) is 36.5 Å². The molecule has 0 saturated carbocycles. The molecule has 0 aromatic carbocycles. The number of allylic oxidation sites excluding steroid dienone is 6. The summed E-state index contributed by atoms with van der Waals surface area (Å²) in [5, 5.41) is 40.2. The predicted octanol–water partition coefficient (Wildman–Crippen LogP) is 11.1. The van der Waals surface area contributed by atoms with Crippen LogP contribution in [0.5, 0.6) is 0 Å². The van der Waals surface area contributed by atoms with Crippen LogP contribution in [-0.4, -0.2) is 89.6 Å². The van der Waals surface area contributed by atoms with Gasteiger partial charge in [-0.2, -0.15) is 0 Å². The Balaban J connectivity index is 2.25. The van der Waals surface area contributed by atoms with Crippen LogP contribution in [-0.2, 0) is 23.7 Å². The Morgan fingerprint density at radius 2 is 1.00 bits per heavy atom. The fourth-order valence-corrected chi connectivity index (χ4v) is 7.22. The Morgan fingerprint density at radius 1 is 0.552 bits per heavy atom. The summed E-state index contributed by atoms with van der Waals surface area (Å²) in [5.74, 6) is -0.322. The molecule has 9 nitrogen and oxygen atoms in total. The zero-order valence-corrected chi connectivity index (χ0v) is 37.3. The maximum absolute atomic E-state index is 12.8. The zero-order chi connectivity index (χ0) is 42.2. The fraction of sp³-hybridized carbons (Fsp3) is 0.857. The van der Waals surface area contributed by atoms with Crippen molar-refractivity contribution >= 4 is 5.97 Å². The van der Waals surface area contributed by atoms with E-state index in [-0.39, 0.29) is 19.2 Å². The Labute approximate surface area is 355 Å². The van der Waals surface area contributed by atoms with Gasteiger partial charge in [0.1, 0.15) is 30.5 Å². The van der Waals surface area contributed by atoms with Crippen molar-refractivity contribution in [3.8, 4) is 0 Å². The third-order valence-electron chi connectivity index (χ3n) is 11.0. The molecule has 0 aromatic heterocycles. The van der Waals surface area contributed by atoms with E-state index >= 15 is 0 Å². The van der Waals surface area contributed by atoms with Crippen LogP contribution in [0.3, 0.4) is 0 Å². The Kier molecular flexibility index (Phi) is 38.3. The van der Waals surface area contributed by atoms with Gasteiger partial charge in [-0.15, -0.1) is 0 Å². The Morgan fingerprint density at radius 3 is 1.52 bits per heavy atom. The summed E-state index contributed by atoms with van der Waals surface area (Å²) in [6, 6.07) is 0. The molecule has 0 aromatic rings. The Hall–Kier alpha value is -1.59. The van der Waals surface area contributed by atoms with Crippen molar-refractivity contribution in [3.63, 3.8) is 0 Å². The lowest BCUT2D eigenvalue weighted by Crippen LogP contribution is -2.59. The van der Waals surface area contributed by atoms with Crippen molar-refractivity contribution in [2.24, 2.45) is 0 Å². The summed E-state index contributed by atoms with van der Waals surface area (Å²) >= 11 is 0. The van der Waals surface area contributed by atoms with Crippen LogP contribution in [0, 0.1) is 0 Å². The molecule has 6 atom stereocenters. The first kappa shape index (κ1) is 54.4. The van der Waals surface area contributed by atoms with E-state index in [2.05, 4.69) is 50.3 Å². The highest BCUT2D eigenvalue weighted by molar-refractivity contribution is 5.69. The molecule has 9 heteroatoms. The van der Waals surface area contributed by atoms with Gasteiger partial charge >= 0.3 is 5.97 Å². The number of carbonyl (C=O) groups excluding carboxylic acids is 1. The first-order valence-electron chi connectivity index (χ1n) is 24.1. The minimum atomic E-state index is -1.54. The third-order valence-corrected chi connectivity index (χ3v) is 11.0. The second-order valence-corrected chi connectivity index (χ2v) is 16.6. The van der Waals surface area contributed by atoms with Crippen LogP contribution in [0.1, 0.15) is 206 Å². The quantitative estimate of drug-likeness (QED) is 0.0270. The van der Waals surface area contributed by atoms with Gasteiger partial charge in [0.15, 0.2) is 6.29 Å². The molecule has 1 fully saturated rings. The first-order chi connectivity index (χ1) is 28.4. The summed E-state index contributed by atoms with van der Waals surface area (Å²) in [7, 11) is 0. The van der Waals surface area contributed by atoms with E-state index in [0.29, 0.717) is 13.0 Å². The van der Waals surface area contributed by atoms with Crippen molar-refractivity contribution < 1.29 is 44.2 Å². The van der Waals surface area contributed by atoms with Gasteiger partial charge in [0, 0.05) is 13.0 Å². The maximum Gasteiger partial charge on any atom is 0.306 e. The predicted molar refractivity (Wildman–Crippen MR) is 238 cm³/mol. The molecular formula is C49H90O9. The molecule has 4 N–H and O–H groups in total. The molecule has 1 saturated heterocycles. The molecule has 58 heavy (non-hydrogen) atoms. The topological polar surface area (TPSA) is 135 Å². The average molecular weight is 823 g/mol. The molecule has 340 valence electrons. The van der Waals surface area contributed by atoms with Gasteiger partial charge in [-0.1, -0.05) is 166 Å². The van der Waals surface area contributed by atoms with Gasteiger partial charge in [0.05, 0.1) is 19.8 Å². The van der Waals surface area contributed by atoms with E-state index in [4.69, 9.17) is 18.9 Å². The highest BCUT2D eigenvalue weighted by Gasteiger charge is 2.44. The molecule has 0 aliphatic carbocycles. The van der Waals surface area contributed by atoms with E-state index < -0.39 is 43.4 Å². The summed E-state index contributed by atoms with van der Waals surface area (Å²) in [6.07, 6.45) is 41.6. The molecule has 0 radical (unpaired) electrons. The van der Waals surface area contributed by atoms with Crippen LogP contribution < -0.4 is 0 Å². The monoisotopic (exact) mass is 823 g/mol. The SMILES string of the molecule is CCCCCC/C=C\C/C=C\CCCCCCCCCC(=O)OC(COCCCCCCCC/C=C\CCCCCCCCC)COC1OC(CO)C(O)C(O)C1O. The highest BCUT2D eigenvalue weighted by atomic mass is 16.7. The lowest BCUT2D eigenvalue weighted by atomic mass is 9.99. The number of rotatable bonds is 41. The average Bonchev–Trinajstić information content (AvgIpc) is 3.22. The minimum Gasteiger partial charge on any atom is -0.457 e. The first-order valence-corrected chi connectivity index (χ1v) is 24.1. The molecular weight excluding hydrogens is 733 g/mol. The highest BCUT2D eigenvalue weighted by Crippen LogP contribution is 2.22. The van der Waals surface area contributed by atoms with E-state index in [0.717, 1.165) is 44.9 Å². The van der Waals surface area contributed by atoms with Crippen LogP contribution in [0.2, 0.25) is 0 Å². The normalized spacial score (nSPS) is 20.6. The molecule has 0 bridgehead atoms. The lowest BCUT2D eigenvalue weighted by Gasteiger charge is -2.39. The molecule has 1 aliphatic rings. The van der Waals surface area contributed by atoms with Gasteiger partial charge in [-0.25, -0.2) is 0 Å². The van der Waals surface area contributed by atoms with E-state index in [1.165, 1.54) is 141 Å².